The smallest absolute Gasteiger partial charge is 0.251 e. The average molecular weight is 424 g/mol. The fourth-order valence-electron chi connectivity index (χ4n) is 2.18. The van der Waals surface area contributed by atoms with Crippen LogP contribution < -0.4 is 16.0 Å². The molecule has 6 nitrogen and oxygen atoms in total. The summed E-state index contributed by atoms with van der Waals surface area (Å²) in [6.07, 6.45) is 0. The third-order valence-corrected chi connectivity index (χ3v) is 5.05. The number of hydrogen-bond donors (Lipinski definition) is 3. The minimum absolute atomic E-state index is 0.0898. The number of aryl methyl sites for hydroxylation is 2. The Balaban J connectivity index is 1.71. The molecule has 0 unspecified atom stereocenters. The van der Waals surface area contributed by atoms with E-state index in [4.69, 9.17) is 0 Å². The van der Waals surface area contributed by atoms with Crippen LogP contribution in [0.1, 0.15) is 25.9 Å². The lowest BCUT2D eigenvalue weighted by Gasteiger charge is -2.12. The molecule has 1 amide bonds. The molecule has 0 radical (unpaired) electrons. The van der Waals surface area contributed by atoms with E-state index < -0.39 is 0 Å². The first-order chi connectivity index (χ1) is 12.0. The van der Waals surface area contributed by atoms with E-state index in [2.05, 4.69) is 41.9 Å². The summed E-state index contributed by atoms with van der Waals surface area (Å²) < 4.78 is 0.951. The molecule has 2 rings (SSSR count). The van der Waals surface area contributed by atoms with Crippen LogP contribution in [0.5, 0.6) is 0 Å². The lowest BCUT2D eigenvalue weighted by Crippen LogP contribution is -2.41. The standard InChI is InChI=1S/C17H22BrN5OS/c1-11-15(25-12(2)23-11)10-22-17(19-3)21-9-8-20-16(24)13-4-6-14(18)7-5-13/h4-7H,8-10H2,1-3H3,(H,20,24)(H2,19,21,22). The second kappa shape index (κ2) is 9.53. The van der Waals surface area contributed by atoms with Gasteiger partial charge in [-0.3, -0.25) is 9.79 Å². The van der Waals surface area contributed by atoms with Crippen molar-refractivity contribution in [1.29, 1.82) is 0 Å². The van der Waals surface area contributed by atoms with Gasteiger partial charge in [-0.25, -0.2) is 4.98 Å². The van der Waals surface area contributed by atoms with Gasteiger partial charge in [-0.05, 0) is 38.1 Å². The zero-order chi connectivity index (χ0) is 18.2. The Morgan fingerprint density at radius 2 is 1.84 bits per heavy atom. The number of rotatable bonds is 6. The number of thiazole rings is 1. The molecule has 0 saturated carbocycles. The molecule has 0 aliphatic rings. The second-order valence-electron chi connectivity index (χ2n) is 5.36. The van der Waals surface area contributed by atoms with E-state index in [0.717, 1.165) is 15.2 Å². The highest BCUT2D eigenvalue weighted by Crippen LogP contribution is 2.16. The fourth-order valence-corrected chi connectivity index (χ4v) is 3.32. The number of halogens is 1. The fraction of sp³-hybridized carbons (Fsp3) is 0.353. The number of benzene rings is 1. The molecule has 134 valence electrons. The molecule has 0 saturated heterocycles. The van der Waals surface area contributed by atoms with E-state index in [9.17, 15) is 4.79 Å². The summed E-state index contributed by atoms with van der Waals surface area (Å²) >= 11 is 5.04. The van der Waals surface area contributed by atoms with E-state index in [1.807, 2.05) is 26.0 Å². The van der Waals surface area contributed by atoms with Crippen LogP contribution >= 0.6 is 27.3 Å². The van der Waals surface area contributed by atoms with Crippen LogP contribution in [0.3, 0.4) is 0 Å². The SMILES string of the molecule is CN=C(NCCNC(=O)c1ccc(Br)cc1)NCc1sc(C)nc1C. The number of carbonyl (C=O) groups excluding carboxylic acids is 1. The first kappa shape index (κ1) is 19.4. The van der Waals surface area contributed by atoms with E-state index in [1.165, 1.54) is 4.88 Å². The van der Waals surface area contributed by atoms with Crippen molar-refractivity contribution < 1.29 is 4.79 Å². The maximum absolute atomic E-state index is 12.0. The predicted octanol–water partition coefficient (Wildman–Crippen LogP) is 2.62. The summed E-state index contributed by atoms with van der Waals surface area (Å²) in [7, 11) is 1.72. The molecule has 1 heterocycles. The van der Waals surface area contributed by atoms with Crippen LogP contribution in [0.4, 0.5) is 0 Å². The zero-order valence-corrected chi connectivity index (χ0v) is 16.9. The van der Waals surface area contributed by atoms with Gasteiger partial charge < -0.3 is 16.0 Å². The summed E-state index contributed by atoms with van der Waals surface area (Å²) in [5, 5.41) is 10.4. The number of amides is 1. The summed E-state index contributed by atoms with van der Waals surface area (Å²) in [4.78, 5) is 21.8. The van der Waals surface area contributed by atoms with Gasteiger partial charge in [0.2, 0.25) is 0 Å². The predicted molar refractivity (Wildman–Crippen MR) is 106 cm³/mol. The van der Waals surface area contributed by atoms with Gasteiger partial charge in [-0.15, -0.1) is 11.3 Å². The maximum Gasteiger partial charge on any atom is 0.251 e. The topological polar surface area (TPSA) is 78.4 Å². The van der Waals surface area contributed by atoms with Gasteiger partial charge in [0.1, 0.15) is 0 Å². The molecule has 0 bridgehead atoms. The molecule has 1 aromatic carbocycles. The third kappa shape index (κ3) is 6.13. The summed E-state index contributed by atoms with van der Waals surface area (Å²) in [5.41, 5.74) is 1.69. The number of hydrogen-bond acceptors (Lipinski definition) is 4. The Morgan fingerprint density at radius 1 is 1.16 bits per heavy atom. The summed E-state index contributed by atoms with van der Waals surface area (Å²) in [6, 6.07) is 7.27. The van der Waals surface area contributed by atoms with Crippen LogP contribution in [0.25, 0.3) is 0 Å². The number of nitrogens with zero attached hydrogens (tertiary/aromatic N) is 2. The maximum atomic E-state index is 12.0. The lowest BCUT2D eigenvalue weighted by atomic mass is 10.2. The Labute approximate surface area is 160 Å². The molecular weight excluding hydrogens is 402 g/mol. The number of carbonyl (C=O) groups is 1. The largest absolute Gasteiger partial charge is 0.355 e. The van der Waals surface area contributed by atoms with Gasteiger partial charge in [-0.2, -0.15) is 0 Å². The van der Waals surface area contributed by atoms with Crippen LogP contribution in [-0.4, -0.2) is 37.0 Å². The van der Waals surface area contributed by atoms with Crippen molar-refractivity contribution in [3.8, 4) is 0 Å². The zero-order valence-electron chi connectivity index (χ0n) is 14.5. The molecule has 0 atom stereocenters. The first-order valence-corrected chi connectivity index (χ1v) is 9.51. The molecule has 0 aliphatic heterocycles. The summed E-state index contributed by atoms with van der Waals surface area (Å²) in [5.74, 6) is 0.608. The summed E-state index contributed by atoms with van der Waals surface area (Å²) in [6.45, 7) is 5.79. The Hall–Kier alpha value is -1.93. The normalized spacial score (nSPS) is 11.3. The Bertz CT molecular complexity index is 742. The highest BCUT2D eigenvalue weighted by atomic mass is 79.9. The highest BCUT2D eigenvalue weighted by Gasteiger charge is 2.06. The molecule has 0 aliphatic carbocycles. The first-order valence-electron chi connectivity index (χ1n) is 7.90. The Morgan fingerprint density at radius 3 is 2.44 bits per heavy atom. The molecule has 8 heteroatoms. The van der Waals surface area contributed by atoms with Crippen LogP contribution in [0.15, 0.2) is 33.7 Å². The Kier molecular flexibility index (Phi) is 7.39. The van der Waals surface area contributed by atoms with Crippen molar-refractivity contribution in [3.05, 3.63) is 49.9 Å². The number of nitrogens with one attached hydrogen (secondary N) is 3. The van der Waals surface area contributed by atoms with Crippen molar-refractivity contribution in [1.82, 2.24) is 20.9 Å². The van der Waals surface area contributed by atoms with E-state index in [0.29, 0.717) is 31.2 Å². The van der Waals surface area contributed by atoms with Gasteiger partial charge in [0.25, 0.3) is 5.91 Å². The van der Waals surface area contributed by atoms with E-state index in [1.54, 1.807) is 30.5 Å². The van der Waals surface area contributed by atoms with Crippen molar-refractivity contribution in [2.24, 2.45) is 4.99 Å². The minimum atomic E-state index is -0.0898. The molecule has 0 spiro atoms. The number of aliphatic imine (C=N–C) groups is 1. The molecule has 2 aromatic rings. The second-order valence-corrected chi connectivity index (χ2v) is 7.56. The average Bonchev–Trinajstić information content (AvgIpc) is 2.92. The monoisotopic (exact) mass is 423 g/mol. The van der Waals surface area contributed by atoms with Gasteiger partial charge in [0, 0.05) is 35.1 Å². The van der Waals surface area contributed by atoms with Gasteiger partial charge in [0.05, 0.1) is 17.2 Å². The van der Waals surface area contributed by atoms with Crippen molar-refractivity contribution in [2.45, 2.75) is 20.4 Å². The van der Waals surface area contributed by atoms with Crippen molar-refractivity contribution in [3.63, 3.8) is 0 Å². The van der Waals surface area contributed by atoms with E-state index in [-0.39, 0.29) is 5.91 Å². The van der Waals surface area contributed by atoms with E-state index >= 15 is 0 Å². The van der Waals surface area contributed by atoms with Gasteiger partial charge >= 0.3 is 0 Å². The number of aromatic nitrogens is 1. The quantitative estimate of drug-likeness (QED) is 0.379. The molecular formula is C17H22BrN5OS. The molecule has 0 fully saturated rings. The highest BCUT2D eigenvalue weighted by molar-refractivity contribution is 9.10. The molecule has 25 heavy (non-hydrogen) atoms. The number of guanidine groups is 1. The molecule has 1 aromatic heterocycles. The van der Waals surface area contributed by atoms with Crippen LogP contribution in [0, 0.1) is 13.8 Å². The van der Waals surface area contributed by atoms with Crippen LogP contribution in [0.2, 0.25) is 0 Å². The van der Waals surface area contributed by atoms with Gasteiger partial charge in [-0.1, -0.05) is 15.9 Å². The lowest BCUT2D eigenvalue weighted by molar-refractivity contribution is 0.0954. The minimum Gasteiger partial charge on any atom is -0.355 e. The van der Waals surface area contributed by atoms with Crippen molar-refractivity contribution in [2.75, 3.05) is 20.1 Å². The van der Waals surface area contributed by atoms with Crippen LogP contribution in [-0.2, 0) is 6.54 Å². The van der Waals surface area contributed by atoms with Crippen molar-refractivity contribution >= 4 is 39.1 Å². The van der Waals surface area contributed by atoms with Gasteiger partial charge in [0.15, 0.2) is 5.96 Å². The molecule has 3 N–H and O–H groups in total. The third-order valence-electron chi connectivity index (χ3n) is 3.45.